The maximum absolute atomic E-state index is 12.5. The molecule has 0 aliphatic rings. The highest BCUT2D eigenvalue weighted by atomic mass is 16.3. The van der Waals surface area contributed by atoms with Crippen LogP contribution in [-0.2, 0) is 4.79 Å². The molecule has 4 N–H and O–H groups in total. The largest absolute Gasteiger partial charge is 0.394 e. The van der Waals surface area contributed by atoms with Crippen molar-refractivity contribution in [1.29, 1.82) is 0 Å². The molecule has 56 heavy (non-hydrogen) atoms. The third kappa shape index (κ3) is 40.8. The summed E-state index contributed by atoms with van der Waals surface area (Å²) in [5.74, 6) is -0.514. The number of carbonyl (C=O) groups excluding carboxylic acids is 1. The minimum Gasteiger partial charge on any atom is -0.394 e. The van der Waals surface area contributed by atoms with Gasteiger partial charge in [0.2, 0.25) is 5.91 Å². The van der Waals surface area contributed by atoms with E-state index in [0.29, 0.717) is 6.42 Å². The highest BCUT2D eigenvalue weighted by molar-refractivity contribution is 5.80. The Hall–Kier alpha value is -1.43. The second-order valence-corrected chi connectivity index (χ2v) is 17.0. The lowest BCUT2D eigenvalue weighted by Crippen LogP contribution is -2.48. The molecule has 0 fully saturated rings. The van der Waals surface area contributed by atoms with Crippen LogP contribution in [0.3, 0.4) is 0 Å². The number of allylic oxidation sites excluding steroid dienone is 5. The summed E-state index contributed by atoms with van der Waals surface area (Å²) < 4.78 is 0. The van der Waals surface area contributed by atoms with Crippen LogP contribution in [0.2, 0.25) is 0 Å². The Labute approximate surface area is 349 Å². The van der Waals surface area contributed by atoms with E-state index < -0.39 is 24.2 Å². The van der Waals surface area contributed by atoms with Gasteiger partial charge in [-0.2, -0.15) is 0 Å². The van der Waals surface area contributed by atoms with Crippen LogP contribution in [-0.4, -0.2) is 46.1 Å². The van der Waals surface area contributed by atoms with Crippen LogP contribution in [0.1, 0.15) is 258 Å². The van der Waals surface area contributed by atoms with Crippen LogP contribution in [0.25, 0.3) is 0 Å². The van der Waals surface area contributed by atoms with Crippen LogP contribution in [0.15, 0.2) is 36.5 Å². The second kappa shape index (κ2) is 46.3. The molecule has 0 spiro atoms. The predicted molar refractivity (Wildman–Crippen MR) is 245 cm³/mol. The highest BCUT2D eigenvalue weighted by Gasteiger charge is 2.22. The van der Waals surface area contributed by atoms with Gasteiger partial charge in [0.1, 0.15) is 6.10 Å². The van der Waals surface area contributed by atoms with Crippen molar-refractivity contribution in [2.75, 3.05) is 6.61 Å². The van der Waals surface area contributed by atoms with Crippen molar-refractivity contribution >= 4 is 5.91 Å². The summed E-state index contributed by atoms with van der Waals surface area (Å²) in [6, 6.07) is -0.819. The predicted octanol–water partition coefficient (Wildman–Crippen LogP) is 14.7. The fourth-order valence-corrected chi connectivity index (χ4v) is 7.57. The van der Waals surface area contributed by atoms with Gasteiger partial charge in [-0.15, -0.1) is 0 Å². The molecule has 5 heteroatoms. The minimum atomic E-state index is -1.11. The third-order valence-corrected chi connectivity index (χ3v) is 11.5. The Morgan fingerprint density at radius 3 is 1.09 bits per heavy atom. The number of hydrogen-bond donors (Lipinski definition) is 4. The Kier molecular flexibility index (Phi) is 45.1. The summed E-state index contributed by atoms with van der Waals surface area (Å²) in [5, 5.41) is 33.2. The van der Waals surface area contributed by atoms with Gasteiger partial charge < -0.3 is 20.6 Å². The maximum Gasteiger partial charge on any atom is 0.249 e. The summed E-state index contributed by atoms with van der Waals surface area (Å²) in [5.41, 5.74) is 0. The SMILES string of the molecule is CCCCCCCCCCCCCCCC/C=C/CC/C=C/CC/C=C/C(O)C(CO)NC(=O)C(O)CCCCCCCCCCCCCCCCCCCC. The average molecular weight is 788 g/mol. The van der Waals surface area contributed by atoms with Gasteiger partial charge in [-0.05, 0) is 44.9 Å². The first-order valence-electron chi connectivity index (χ1n) is 24.8. The van der Waals surface area contributed by atoms with Gasteiger partial charge >= 0.3 is 0 Å². The van der Waals surface area contributed by atoms with Crippen molar-refractivity contribution in [1.82, 2.24) is 5.32 Å². The van der Waals surface area contributed by atoms with E-state index in [0.717, 1.165) is 44.9 Å². The molecule has 0 heterocycles. The monoisotopic (exact) mass is 788 g/mol. The molecule has 0 rings (SSSR count). The molecule has 0 radical (unpaired) electrons. The van der Waals surface area contributed by atoms with E-state index in [1.54, 1.807) is 6.08 Å². The molecule has 0 aromatic carbocycles. The molecule has 330 valence electrons. The Morgan fingerprint density at radius 2 is 0.732 bits per heavy atom. The quantitative estimate of drug-likeness (QED) is 0.0365. The van der Waals surface area contributed by atoms with E-state index in [4.69, 9.17) is 0 Å². The van der Waals surface area contributed by atoms with Crippen LogP contribution < -0.4 is 5.32 Å². The molecule has 3 atom stereocenters. The van der Waals surface area contributed by atoms with Crippen molar-refractivity contribution < 1.29 is 20.1 Å². The van der Waals surface area contributed by atoms with E-state index in [2.05, 4.69) is 43.5 Å². The summed E-state index contributed by atoms with van der Waals surface area (Å²) in [6.45, 7) is 4.19. The first kappa shape index (κ1) is 54.6. The number of rotatable bonds is 45. The van der Waals surface area contributed by atoms with E-state index in [1.165, 1.54) is 193 Å². The lowest BCUT2D eigenvalue weighted by atomic mass is 10.0. The zero-order valence-electron chi connectivity index (χ0n) is 37.5. The Morgan fingerprint density at radius 1 is 0.429 bits per heavy atom. The number of carbonyl (C=O) groups is 1. The number of aliphatic hydroxyl groups is 3. The molecular weight excluding hydrogens is 691 g/mol. The molecule has 0 aromatic rings. The molecule has 0 saturated carbocycles. The molecule has 0 aliphatic heterocycles. The number of amides is 1. The molecule has 0 bridgehead atoms. The molecular formula is C51H97NO4. The lowest BCUT2D eigenvalue weighted by molar-refractivity contribution is -0.131. The van der Waals surface area contributed by atoms with Gasteiger partial charge in [-0.25, -0.2) is 0 Å². The maximum atomic E-state index is 12.5. The topological polar surface area (TPSA) is 89.8 Å². The van der Waals surface area contributed by atoms with Gasteiger partial charge in [-0.1, -0.05) is 249 Å². The van der Waals surface area contributed by atoms with Crippen molar-refractivity contribution in [2.45, 2.75) is 276 Å². The second-order valence-electron chi connectivity index (χ2n) is 17.0. The van der Waals surface area contributed by atoms with Crippen molar-refractivity contribution in [2.24, 2.45) is 0 Å². The highest BCUT2D eigenvalue weighted by Crippen LogP contribution is 2.16. The van der Waals surface area contributed by atoms with Crippen LogP contribution >= 0.6 is 0 Å². The normalized spacial score (nSPS) is 13.7. The zero-order valence-corrected chi connectivity index (χ0v) is 37.5. The van der Waals surface area contributed by atoms with Gasteiger partial charge in [0, 0.05) is 0 Å². The zero-order chi connectivity index (χ0) is 40.8. The van der Waals surface area contributed by atoms with Crippen LogP contribution in [0.5, 0.6) is 0 Å². The van der Waals surface area contributed by atoms with E-state index in [9.17, 15) is 20.1 Å². The molecule has 5 nitrogen and oxygen atoms in total. The lowest BCUT2D eigenvalue weighted by Gasteiger charge is -2.21. The van der Waals surface area contributed by atoms with E-state index >= 15 is 0 Å². The van der Waals surface area contributed by atoms with E-state index in [-0.39, 0.29) is 6.61 Å². The molecule has 0 saturated heterocycles. The molecule has 3 unspecified atom stereocenters. The van der Waals surface area contributed by atoms with Gasteiger partial charge in [0.05, 0.1) is 18.8 Å². The molecule has 0 aliphatic carbocycles. The number of nitrogens with one attached hydrogen (secondary N) is 1. The molecule has 0 aromatic heterocycles. The number of hydrogen-bond acceptors (Lipinski definition) is 4. The first-order valence-corrected chi connectivity index (χ1v) is 24.8. The van der Waals surface area contributed by atoms with Crippen molar-refractivity contribution in [3.8, 4) is 0 Å². The van der Waals surface area contributed by atoms with Gasteiger partial charge in [-0.3, -0.25) is 4.79 Å². The van der Waals surface area contributed by atoms with Gasteiger partial charge in [0.15, 0.2) is 0 Å². The summed E-state index contributed by atoms with van der Waals surface area (Å²) in [7, 11) is 0. The summed E-state index contributed by atoms with van der Waals surface area (Å²) in [6.07, 6.45) is 59.1. The third-order valence-electron chi connectivity index (χ3n) is 11.5. The van der Waals surface area contributed by atoms with Crippen LogP contribution in [0, 0.1) is 0 Å². The van der Waals surface area contributed by atoms with Gasteiger partial charge in [0.25, 0.3) is 0 Å². The number of unbranched alkanes of at least 4 members (excludes halogenated alkanes) is 33. The van der Waals surface area contributed by atoms with Crippen LogP contribution in [0.4, 0.5) is 0 Å². The Balaban J connectivity index is 3.68. The fraction of sp³-hybridized carbons (Fsp3) is 0.863. The smallest absolute Gasteiger partial charge is 0.249 e. The standard InChI is InChI=1S/C51H97NO4/c1-3-5-7-9-11-13-15-17-19-21-23-24-25-26-27-28-30-31-33-35-37-39-41-43-45-49(54)48(47-53)52-51(56)50(55)46-44-42-40-38-36-34-32-29-22-20-18-16-14-12-10-8-6-4-2/h28,30,35,37,43,45,48-50,53-55H,3-27,29,31-34,36,38-42,44,46-47H2,1-2H3,(H,52,56)/b30-28+,37-35+,45-43+. The summed E-state index contributed by atoms with van der Waals surface area (Å²) in [4.78, 5) is 12.5. The van der Waals surface area contributed by atoms with E-state index in [1.807, 2.05) is 6.08 Å². The van der Waals surface area contributed by atoms with Crippen molar-refractivity contribution in [3.63, 3.8) is 0 Å². The first-order chi connectivity index (χ1) is 27.6. The Bertz CT molecular complexity index is 870. The summed E-state index contributed by atoms with van der Waals surface area (Å²) >= 11 is 0. The average Bonchev–Trinajstić information content (AvgIpc) is 3.20. The fourth-order valence-electron chi connectivity index (χ4n) is 7.57. The minimum absolute atomic E-state index is 0.379. The van der Waals surface area contributed by atoms with Crippen molar-refractivity contribution in [3.05, 3.63) is 36.5 Å². The molecule has 1 amide bonds. The number of aliphatic hydroxyl groups excluding tert-OH is 3.